The zero-order valence-electron chi connectivity index (χ0n) is 15.5. The predicted octanol–water partition coefficient (Wildman–Crippen LogP) is -2.44. The molecule has 2 aliphatic heterocycles. The van der Waals surface area contributed by atoms with Crippen LogP contribution < -0.4 is 11.1 Å². The van der Waals surface area contributed by atoms with Gasteiger partial charge in [0.2, 0.25) is 23.6 Å². The molecule has 5 N–H and O–H groups in total. The Morgan fingerprint density at radius 1 is 1.04 bits per heavy atom. The van der Waals surface area contributed by atoms with Crippen LogP contribution in [0, 0.1) is 5.92 Å². The van der Waals surface area contributed by atoms with Crippen LogP contribution in [0.4, 0.5) is 0 Å². The van der Waals surface area contributed by atoms with E-state index in [-0.39, 0.29) is 18.4 Å². The van der Waals surface area contributed by atoms with Crippen molar-refractivity contribution in [3.63, 3.8) is 0 Å². The fourth-order valence-corrected chi connectivity index (χ4v) is 3.62. The van der Waals surface area contributed by atoms with E-state index in [9.17, 15) is 24.3 Å². The molecule has 4 atom stereocenters. The van der Waals surface area contributed by atoms with E-state index in [1.807, 2.05) is 0 Å². The van der Waals surface area contributed by atoms with Gasteiger partial charge in [0, 0.05) is 13.1 Å². The van der Waals surface area contributed by atoms with Crippen LogP contribution in [0.15, 0.2) is 0 Å². The number of nitrogens with one attached hydrogen (secondary N) is 1. The maximum Gasteiger partial charge on any atom is 0.246 e. The highest BCUT2D eigenvalue weighted by Gasteiger charge is 2.43. The second-order valence-electron chi connectivity index (χ2n) is 7.11. The topological polar surface area (TPSA) is 153 Å². The van der Waals surface area contributed by atoms with E-state index >= 15 is 0 Å². The summed E-state index contributed by atoms with van der Waals surface area (Å²) < 4.78 is 0. The average Bonchev–Trinajstić information content (AvgIpc) is 3.33. The molecule has 0 aromatic heterocycles. The van der Waals surface area contributed by atoms with Crippen LogP contribution in [0.1, 0.15) is 32.6 Å². The van der Waals surface area contributed by atoms with Crippen molar-refractivity contribution in [3.05, 3.63) is 0 Å². The van der Waals surface area contributed by atoms with Crippen molar-refractivity contribution in [1.82, 2.24) is 15.1 Å². The molecule has 1 unspecified atom stereocenters. The van der Waals surface area contributed by atoms with Crippen LogP contribution in [0.3, 0.4) is 0 Å². The molecule has 27 heavy (non-hydrogen) atoms. The van der Waals surface area contributed by atoms with Crippen LogP contribution in [-0.2, 0) is 19.2 Å². The molecule has 2 fully saturated rings. The minimum atomic E-state index is -1.20. The standard InChI is InChI=1S/C17H28N4O6/c1-10(8-22)16(26)21-7-3-5-13(21)17(27)20-6-2-4-12(20)15(25)19-11(9-23)14(18)24/h10-13,22-23H,2-9H2,1H3,(H2,18,24)(H,19,25)/t10?,11-,12-,13-/m0/s1. The smallest absolute Gasteiger partial charge is 0.246 e. The zero-order valence-corrected chi connectivity index (χ0v) is 15.5. The Bertz CT molecular complexity index is 598. The SMILES string of the molecule is CC(CO)C(=O)N1CCC[C@H]1C(=O)N1CCC[C@H]1C(=O)N[C@@H](CO)C(N)=O. The lowest BCUT2D eigenvalue weighted by Crippen LogP contribution is -2.56. The third-order valence-corrected chi connectivity index (χ3v) is 5.20. The molecule has 0 radical (unpaired) electrons. The average molecular weight is 384 g/mol. The van der Waals surface area contributed by atoms with E-state index in [2.05, 4.69) is 5.32 Å². The Morgan fingerprint density at radius 3 is 2.19 bits per heavy atom. The van der Waals surface area contributed by atoms with Crippen LogP contribution in [0.5, 0.6) is 0 Å². The molecule has 0 aromatic carbocycles. The summed E-state index contributed by atoms with van der Waals surface area (Å²) in [6.45, 7) is 1.52. The highest BCUT2D eigenvalue weighted by molar-refractivity contribution is 5.94. The van der Waals surface area contributed by atoms with Crippen LogP contribution in [0.25, 0.3) is 0 Å². The van der Waals surface area contributed by atoms with Gasteiger partial charge >= 0.3 is 0 Å². The largest absolute Gasteiger partial charge is 0.396 e. The molecule has 0 aromatic rings. The maximum absolute atomic E-state index is 13.0. The third kappa shape index (κ3) is 4.56. The number of aliphatic hydroxyl groups is 2. The van der Waals surface area contributed by atoms with E-state index in [4.69, 9.17) is 10.8 Å². The quantitative estimate of drug-likeness (QED) is 0.382. The lowest BCUT2D eigenvalue weighted by atomic mass is 10.1. The predicted molar refractivity (Wildman–Crippen MR) is 93.9 cm³/mol. The van der Waals surface area contributed by atoms with Crippen molar-refractivity contribution < 1.29 is 29.4 Å². The molecular weight excluding hydrogens is 356 g/mol. The number of carbonyl (C=O) groups is 4. The van der Waals surface area contributed by atoms with E-state index < -0.39 is 42.5 Å². The molecule has 10 nitrogen and oxygen atoms in total. The van der Waals surface area contributed by atoms with Gasteiger partial charge in [0.1, 0.15) is 18.1 Å². The summed E-state index contributed by atoms with van der Waals surface area (Å²) in [5.41, 5.74) is 5.12. The Morgan fingerprint density at radius 2 is 1.63 bits per heavy atom. The lowest BCUT2D eigenvalue weighted by Gasteiger charge is -2.32. The fourth-order valence-electron chi connectivity index (χ4n) is 3.62. The van der Waals surface area contributed by atoms with E-state index in [1.54, 1.807) is 6.92 Å². The summed E-state index contributed by atoms with van der Waals surface area (Å²) in [5.74, 6) is -2.56. The fraction of sp³-hybridized carbons (Fsp3) is 0.765. The second-order valence-corrected chi connectivity index (χ2v) is 7.11. The number of likely N-dealkylation sites (tertiary alicyclic amines) is 2. The Balaban J connectivity index is 2.09. The van der Waals surface area contributed by atoms with Crippen molar-refractivity contribution in [2.45, 2.75) is 50.7 Å². The Kier molecular flexibility index (Phi) is 7.14. The molecular formula is C17H28N4O6. The lowest BCUT2D eigenvalue weighted by molar-refractivity contribution is -0.148. The van der Waals surface area contributed by atoms with Crippen molar-refractivity contribution >= 4 is 23.6 Å². The highest BCUT2D eigenvalue weighted by atomic mass is 16.3. The van der Waals surface area contributed by atoms with Gasteiger partial charge in [-0.15, -0.1) is 0 Å². The maximum atomic E-state index is 13.0. The first kappa shape index (κ1) is 21.1. The Hall–Kier alpha value is -2.20. The minimum Gasteiger partial charge on any atom is -0.396 e. The first-order chi connectivity index (χ1) is 12.8. The Labute approximate surface area is 157 Å². The summed E-state index contributed by atoms with van der Waals surface area (Å²) >= 11 is 0. The minimum absolute atomic E-state index is 0.275. The van der Waals surface area contributed by atoms with Crippen LogP contribution >= 0.6 is 0 Å². The van der Waals surface area contributed by atoms with Gasteiger partial charge in [-0.1, -0.05) is 6.92 Å². The molecule has 0 saturated carbocycles. The molecule has 152 valence electrons. The number of rotatable bonds is 7. The summed E-state index contributed by atoms with van der Waals surface area (Å²) in [5, 5.41) is 20.7. The molecule has 0 spiro atoms. The monoisotopic (exact) mass is 384 g/mol. The van der Waals surface area contributed by atoms with Crippen molar-refractivity contribution in [3.8, 4) is 0 Å². The van der Waals surface area contributed by atoms with Crippen molar-refractivity contribution in [1.29, 1.82) is 0 Å². The molecule has 2 rings (SSSR count). The number of hydrogen-bond acceptors (Lipinski definition) is 6. The van der Waals surface area contributed by atoms with Gasteiger partial charge in [0.15, 0.2) is 0 Å². The van der Waals surface area contributed by atoms with Gasteiger partial charge in [-0.2, -0.15) is 0 Å². The normalized spacial score (nSPS) is 24.6. The van der Waals surface area contributed by atoms with Gasteiger partial charge in [-0.05, 0) is 25.7 Å². The summed E-state index contributed by atoms with van der Waals surface area (Å²) in [4.78, 5) is 52.1. The van der Waals surface area contributed by atoms with Gasteiger partial charge in [-0.3, -0.25) is 19.2 Å². The van der Waals surface area contributed by atoms with Crippen molar-refractivity contribution in [2.75, 3.05) is 26.3 Å². The van der Waals surface area contributed by atoms with Gasteiger partial charge < -0.3 is 31.1 Å². The van der Waals surface area contributed by atoms with Gasteiger partial charge in [-0.25, -0.2) is 0 Å². The zero-order chi connectivity index (χ0) is 20.1. The number of nitrogens with zero attached hydrogens (tertiary/aromatic N) is 2. The first-order valence-corrected chi connectivity index (χ1v) is 9.24. The summed E-state index contributed by atoms with van der Waals surface area (Å²) in [6, 6.07) is -2.62. The molecule has 2 heterocycles. The number of carbonyl (C=O) groups excluding carboxylic acids is 4. The van der Waals surface area contributed by atoms with Crippen LogP contribution in [0.2, 0.25) is 0 Å². The number of hydrogen-bond donors (Lipinski definition) is 4. The van der Waals surface area contributed by atoms with Crippen LogP contribution in [-0.4, -0.2) is 88.1 Å². The molecule has 2 saturated heterocycles. The molecule has 10 heteroatoms. The molecule has 0 aliphatic carbocycles. The van der Waals surface area contributed by atoms with E-state index in [1.165, 1.54) is 9.80 Å². The van der Waals surface area contributed by atoms with Crippen molar-refractivity contribution in [2.24, 2.45) is 11.7 Å². The number of primary amides is 1. The first-order valence-electron chi connectivity index (χ1n) is 9.24. The molecule has 4 amide bonds. The third-order valence-electron chi connectivity index (χ3n) is 5.20. The molecule has 2 aliphatic rings. The number of aliphatic hydroxyl groups excluding tert-OH is 2. The summed E-state index contributed by atoms with van der Waals surface area (Å²) in [6.07, 6.45) is 2.24. The number of amides is 4. The van der Waals surface area contributed by atoms with Gasteiger partial charge in [0.25, 0.3) is 0 Å². The molecule has 0 bridgehead atoms. The highest BCUT2D eigenvalue weighted by Crippen LogP contribution is 2.26. The van der Waals surface area contributed by atoms with Gasteiger partial charge in [0.05, 0.1) is 19.1 Å². The van der Waals surface area contributed by atoms with E-state index in [0.29, 0.717) is 38.8 Å². The second kappa shape index (κ2) is 9.14. The van der Waals surface area contributed by atoms with E-state index in [0.717, 1.165) is 0 Å². The number of nitrogens with two attached hydrogens (primary N) is 1. The summed E-state index contributed by atoms with van der Waals surface area (Å²) in [7, 11) is 0.